The third-order valence-corrected chi connectivity index (χ3v) is 6.72. The van der Waals surface area contributed by atoms with Crippen LogP contribution in [0.1, 0.15) is 83.5 Å². The lowest BCUT2D eigenvalue weighted by Gasteiger charge is -2.26. The summed E-state index contributed by atoms with van der Waals surface area (Å²) in [6.45, 7) is 0. The predicted molar refractivity (Wildman–Crippen MR) is 90.2 cm³/mol. The van der Waals surface area contributed by atoms with Gasteiger partial charge in [-0.3, -0.25) is 0 Å². The van der Waals surface area contributed by atoms with Gasteiger partial charge >= 0.3 is 0 Å². The van der Waals surface area contributed by atoms with Gasteiger partial charge in [0, 0.05) is 17.3 Å². The van der Waals surface area contributed by atoms with Crippen molar-refractivity contribution in [2.45, 2.75) is 101 Å². The van der Waals surface area contributed by atoms with Gasteiger partial charge in [0.05, 0.1) is 0 Å². The van der Waals surface area contributed by atoms with Crippen molar-refractivity contribution in [1.29, 1.82) is 0 Å². The number of rotatable bonds is 0. The molecule has 3 rings (SSSR count). The number of hydrogen-bond donors (Lipinski definition) is 1. The molecule has 3 atom stereocenters. The molecule has 3 aliphatic rings. The molecule has 0 radical (unpaired) electrons. The average molecular weight is 294 g/mol. The zero-order valence-electron chi connectivity index (χ0n) is 12.9. The van der Waals surface area contributed by atoms with E-state index < -0.39 is 0 Å². The SMILES string of the molecule is C1=C2CC(CCCC1)NC1CCCCCCC(CC1)S2. The maximum absolute atomic E-state index is 4.04. The van der Waals surface area contributed by atoms with Crippen LogP contribution in [0.15, 0.2) is 11.0 Å². The van der Waals surface area contributed by atoms with E-state index in [1.54, 1.807) is 4.91 Å². The van der Waals surface area contributed by atoms with Crippen molar-refractivity contribution in [3.8, 4) is 0 Å². The van der Waals surface area contributed by atoms with Gasteiger partial charge in [0.2, 0.25) is 0 Å². The van der Waals surface area contributed by atoms with E-state index in [0.29, 0.717) is 0 Å². The molecule has 0 spiro atoms. The summed E-state index contributed by atoms with van der Waals surface area (Å²) in [7, 11) is 0. The van der Waals surface area contributed by atoms with E-state index in [2.05, 4.69) is 23.2 Å². The zero-order chi connectivity index (χ0) is 13.6. The number of fused-ring (bicyclic) bond motifs is 5. The van der Waals surface area contributed by atoms with Gasteiger partial charge in [-0.25, -0.2) is 0 Å². The van der Waals surface area contributed by atoms with Crippen LogP contribution < -0.4 is 5.32 Å². The third kappa shape index (κ3) is 4.53. The number of thioether (sulfide) groups is 1. The first-order valence-corrected chi connectivity index (χ1v) is 9.90. The predicted octanol–water partition coefficient (Wildman–Crippen LogP) is 5.41. The molecule has 2 fully saturated rings. The Hall–Kier alpha value is 0.0500. The summed E-state index contributed by atoms with van der Waals surface area (Å²) < 4.78 is 0. The van der Waals surface area contributed by atoms with E-state index in [0.717, 1.165) is 17.3 Å². The lowest BCUT2D eigenvalue weighted by molar-refractivity contribution is 0.345. The second-order valence-corrected chi connectivity index (χ2v) is 8.46. The largest absolute Gasteiger partial charge is 0.311 e. The van der Waals surface area contributed by atoms with Crippen LogP contribution in [0.3, 0.4) is 0 Å². The Morgan fingerprint density at radius 1 is 0.800 bits per heavy atom. The minimum absolute atomic E-state index is 0.763. The van der Waals surface area contributed by atoms with Crippen molar-refractivity contribution in [2.75, 3.05) is 0 Å². The molecule has 0 aromatic rings. The first-order valence-electron chi connectivity index (χ1n) is 9.02. The van der Waals surface area contributed by atoms with Crippen molar-refractivity contribution < 1.29 is 0 Å². The molecule has 2 heteroatoms. The van der Waals surface area contributed by atoms with Gasteiger partial charge in [-0.15, -0.1) is 11.8 Å². The van der Waals surface area contributed by atoms with Gasteiger partial charge in [-0.1, -0.05) is 38.2 Å². The molecule has 3 unspecified atom stereocenters. The summed E-state index contributed by atoms with van der Waals surface area (Å²) in [5, 5.41) is 4.95. The molecule has 1 heterocycles. The second-order valence-electron chi connectivity index (χ2n) is 7.03. The average Bonchev–Trinajstić information content (AvgIpc) is 2.52. The highest BCUT2D eigenvalue weighted by molar-refractivity contribution is 8.03. The summed E-state index contributed by atoms with van der Waals surface area (Å²) >= 11 is 2.25. The summed E-state index contributed by atoms with van der Waals surface area (Å²) in [6.07, 6.45) is 21.0. The van der Waals surface area contributed by atoms with Gasteiger partial charge < -0.3 is 5.32 Å². The Morgan fingerprint density at radius 2 is 1.60 bits per heavy atom. The number of hydrogen-bond acceptors (Lipinski definition) is 2. The fourth-order valence-corrected chi connectivity index (χ4v) is 5.57. The van der Waals surface area contributed by atoms with Gasteiger partial charge in [-0.05, 0) is 56.3 Å². The molecule has 1 nitrogen and oxygen atoms in total. The monoisotopic (exact) mass is 293 g/mol. The minimum Gasteiger partial charge on any atom is -0.311 e. The fraction of sp³-hybridized carbons (Fsp3) is 0.889. The second kappa shape index (κ2) is 7.89. The maximum Gasteiger partial charge on any atom is 0.0115 e. The van der Waals surface area contributed by atoms with Crippen molar-refractivity contribution in [3.63, 3.8) is 0 Å². The summed E-state index contributed by atoms with van der Waals surface area (Å²) in [6, 6.07) is 1.57. The van der Waals surface area contributed by atoms with E-state index in [1.807, 2.05) is 0 Å². The highest BCUT2D eigenvalue weighted by Gasteiger charge is 2.24. The molecular formula is C18H31NS. The van der Waals surface area contributed by atoms with Gasteiger partial charge in [0.1, 0.15) is 0 Å². The molecule has 1 saturated heterocycles. The molecule has 1 aliphatic heterocycles. The van der Waals surface area contributed by atoms with Gasteiger partial charge in [0.15, 0.2) is 0 Å². The van der Waals surface area contributed by atoms with Crippen LogP contribution in [-0.4, -0.2) is 17.3 Å². The highest BCUT2D eigenvalue weighted by atomic mass is 32.2. The Kier molecular flexibility index (Phi) is 5.90. The molecule has 20 heavy (non-hydrogen) atoms. The summed E-state index contributed by atoms with van der Waals surface area (Å²) in [5.74, 6) is 0. The van der Waals surface area contributed by atoms with E-state index in [9.17, 15) is 0 Å². The van der Waals surface area contributed by atoms with E-state index in [-0.39, 0.29) is 0 Å². The summed E-state index contributed by atoms with van der Waals surface area (Å²) in [4.78, 5) is 1.71. The topological polar surface area (TPSA) is 12.0 Å². The smallest absolute Gasteiger partial charge is 0.0115 e. The normalized spacial score (nSPS) is 36.8. The van der Waals surface area contributed by atoms with E-state index >= 15 is 0 Å². The Labute approximate surface area is 129 Å². The molecule has 0 aromatic carbocycles. The summed E-state index contributed by atoms with van der Waals surface area (Å²) in [5.41, 5.74) is 0. The fourth-order valence-electron chi connectivity index (χ4n) is 4.09. The van der Waals surface area contributed by atoms with Crippen molar-refractivity contribution >= 4 is 11.8 Å². The van der Waals surface area contributed by atoms with Gasteiger partial charge in [-0.2, -0.15) is 0 Å². The van der Waals surface area contributed by atoms with Crippen LogP contribution in [0.4, 0.5) is 0 Å². The number of allylic oxidation sites excluding steroid dienone is 1. The molecule has 4 bridgehead atoms. The lowest BCUT2D eigenvalue weighted by atomic mass is 9.95. The Bertz CT molecular complexity index is 325. The van der Waals surface area contributed by atoms with E-state index in [1.165, 1.54) is 83.5 Å². The van der Waals surface area contributed by atoms with Gasteiger partial charge in [0.25, 0.3) is 0 Å². The molecule has 1 saturated carbocycles. The van der Waals surface area contributed by atoms with Crippen molar-refractivity contribution in [2.24, 2.45) is 0 Å². The first kappa shape index (κ1) is 15.0. The first-order chi connectivity index (χ1) is 9.90. The standard InChI is InChI=1S/C18H31NS/c1-2-6-10-17-13-12-15(8-4-1)19-16-9-5-3-7-11-18(14-16)20-17/h11,15-17,19H,1-10,12-14H2. The molecule has 0 aromatic heterocycles. The Morgan fingerprint density at radius 3 is 2.55 bits per heavy atom. The highest BCUT2D eigenvalue weighted by Crippen LogP contribution is 2.36. The van der Waals surface area contributed by atoms with Crippen LogP contribution in [0.5, 0.6) is 0 Å². The minimum atomic E-state index is 0.763. The van der Waals surface area contributed by atoms with Crippen LogP contribution in [0.25, 0.3) is 0 Å². The van der Waals surface area contributed by atoms with E-state index in [4.69, 9.17) is 0 Å². The van der Waals surface area contributed by atoms with Crippen molar-refractivity contribution in [1.82, 2.24) is 5.32 Å². The lowest BCUT2D eigenvalue weighted by Crippen LogP contribution is -2.38. The van der Waals surface area contributed by atoms with Crippen LogP contribution >= 0.6 is 11.8 Å². The third-order valence-electron chi connectivity index (χ3n) is 5.28. The zero-order valence-corrected chi connectivity index (χ0v) is 13.7. The molecular weight excluding hydrogens is 262 g/mol. The Balaban J connectivity index is 1.76. The molecule has 1 N–H and O–H groups in total. The number of nitrogens with one attached hydrogen (secondary N) is 1. The maximum atomic E-state index is 4.04. The van der Waals surface area contributed by atoms with Crippen LogP contribution in [-0.2, 0) is 0 Å². The quantitative estimate of drug-likeness (QED) is 0.641. The molecule has 2 aliphatic carbocycles. The molecule has 114 valence electrons. The van der Waals surface area contributed by atoms with Crippen LogP contribution in [0.2, 0.25) is 0 Å². The molecule has 0 amide bonds. The van der Waals surface area contributed by atoms with Crippen LogP contribution in [0, 0.1) is 0 Å². The van der Waals surface area contributed by atoms with Crippen molar-refractivity contribution in [3.05, 3.63) is 11.0 Å².